The number of nitrogens with zero attached hydrogens (tertiary/aromatic N) is 5. The molecule has 3 heterocycles. The average molecular weight is 355 g/mol. The molecule has 138 valence electrons. The first-order valence-corrected chi connectivity index (χ1v) is 8.92. The Balaban J connectivity index is 1.48. The van der Waals surface area contributed by atoms with Crippen LogP contribution >= 0.6 is 0 Å². The number of hydrogen-bond acceptors (Lipinski definition) is 4. The minimum absolute atomic E-state index is 0.0358. The van der Waals surface area contributed by atoms with Crippen molar-refractivity contribution in [3.05, 3.63) is 48.3 Å². The zero-order valence-corrected chi connectivity index (χ0v) is 15.3. The minimum Gasteiger partial charge on any atom is -0.345 e. The van der Waals surface area contributed by atoms with Gasteiger partial charge in [0.15, 0.2) is 0 Å². The molecule has 0 unspecified atom stereocenters. The number of carbonyl (C=O) groups is 2. The lowest BCUT2D eigenvalue weighted by atomic mass is 10.1. The number of aryl methyl sites for hydroxylation is 2. The molecule has 7 heteroatoms. The fourth-order valence-electron chi connectivity index (χ4n) is 3.34. The van der Waals surface area contributed by atoms with Crippen LogP contribution in [0.1, 0.15) is 24.2 Å². The van der Waals surface area contributed by atoms with Crippen LogP contribution in [0.25, 0.3) is 0 Å². The molecule has 7 nitrogen and oxygen atoms in total. The van der Waals surface area contributed by atoms with Crippen molar-refractivity contribution in [2.24, 2.45) is 13.0 Å². The first kappa shape index (κ1) is 18.1. The maximum absolute atomic E-state index is 12.7. The number of pyridine rings is 1. The van der Waals surface area contributed by atoms with E-state index in [1.54, 1.807) is 28.4 Å². The van der Waals surface area contributed by atoms with Gasteiger partial charge in [-0.25, -0.2) is 4.98 Å². The second-order valence-electron chi connectivity index (χ2n) is 6.85. The third kappa shape index (κ3) is 4.28. The maximum Gasteiger partial charge on any atom is 0.227 e. The van der Waals surface area contributed by atoms with Crippen molar-refractivity contribution in [1.82, 2.24) is 24.3 Å². The molecule has 0 saturated carbocycles. The van der Waals surface area contributed by atoms with Crippen LogP contribution in [0.15, 0.2) is 36.9 Å². The SMILES string of the molecule is CN(CCCc1nccn1C)C(=O)[C@H]1CC(=O)N(Cc2cccnc2)C1. The lowest BCUT2D eigenvalue weighted by Gasteiger charge is -2.21. The topological polar surface area (TPSA) is 71.3 Å². The molecule has 2 aromatic heterocycles. The molecule has 3 rings (SSSR count). The number of likely N-dealkylation sites (tertiary alicyclic amines) is 1. The molecule has 1 atom stereocenters. The van der Waals surface area contributed by atoms with Gasteiger partial charge < -0.3 is 14.4 Å². The highest BCUT2D eigenvalue weighted by Crippen LogP contribution is 2.22. The zero-order valence-electron chi connectivity index (χ0n) is 15.3. The lowest BCUT2D eigenvalue weighted by molar-refractivity contribution is -0.134. The van der Waals surface area contributed by atoms with Crippen LogP contribution < -0.4 is 0 Å². The van der Waals surface area contributed by atoms with Gasteiger partial charge in [0.05, 0.1) is 5.92 Å². The monoisotopic (exact) mass is 355 g/mol. The standard InChI is InChI=1S/C19H25N5O2/c1-22-10-8-21-17(22)6-4-9-23(2)19(26)16-11-18(25)24(14-16)13-15-5-3-7-20-12-15/h3,5,7-8,10,12,16H,4,6,9,11,13-14H2,1-2H3/t16-/m0/s1. The minimum atomic E-state index is -0.252. The van der Waals surface area contributed by atoms with Crippen LogP contribution in [0.3, 0.4) is 0 Å². The van der Waals surface area contributed by atoms with E-state index in [1.165, 1.54) is 0 Å². The van der Waals surface area contributed by atoms with Crippen molar-refractivity contribution >= 4 is 11.8 Å². The van der Waals surface area contributed by atoms with Gasteiger partial charge in [-0.15, -0.1) is 0 Å². The normalized spacial score (nSPS) is 16.9. The first-order valence-electron chi connectivity index (χ1n) is 8.92. The van der Waals surface area contributed by atoms with Crippen LogP contribution in [-0.4, -0.2) is 56.3 Å². The smallest absolute Gasteiger partial charge is 0.227 e. The summed E-state index contributed by atoms with van der Waals surface area (Å²) in [6.45, 7) is 1.66. The molecule has 2 amide bonds. The van der Waals surface area contributed by atoms with Gasteiger partial charge in [-0.3, -0.25) is 14.6 Å². The second-order valence-corrected chi connectivity index (χ2v) is 6.85. The second kappa shape index (κ2) is 8.12. The summed E-state index contributed by atoms with van der Waals surface area (Å²) in [4.78, 5) is 36.8. The van der Waals surface area contributed by atoms with E-state index >= 15 is 0 Å². The fraction of sp³-hybridized carbons (Fsp3) is 0.474. The van der Waals surface area contributed by atoms with Crippen LogP contribution in [0.4, 0.5) is 0 Å². The summed E-state index contributed by atoms with van der Waals surface area (Å²) in [5.74, 6) is 0.849. The van der Waals surface area contributed by atoms with Gasteiger partial charge in [0.25, 0.3) is 0 Å². The molecule has 0 radical (unpaired) electrons. The Morgan fingerprint density at radius 3 is 2.92 bits per heavy atom. The van der Waals surface area contributed by atoms with Gasteiger partial charge in [0, 0.05) is 71.4 Å². The van der Waals surface area contributed by atoms with Gasteiger partial charge in [-0.05, 0) is 18.1 Å². The van der Waals surface area contributed by atoms with Gasteiger partial charge >= 0.3 is 0 Å². The van der Waals surface area contributed by atoms with Crippen LogP contribution in [0, 0.1) is 5.92 Å². The Morgan fingerprint density at radius 1 is 1.38 bits per heavy atom. The summed E-state index contributed by atoms with van der Waals surface area (Å²) in [7, 11) is 3.78. The van der Waals surface area contributed by atoms with E-state index in [-0.39, 0.29) is 17.7 Å². The van der Waals surface area contributed by atoms with E-state index in [9.17, 15) is 9.59 Å². The molecule has 2 aromatic rings. The number of aromatic nitrogens is 3. The van der Waals surface area contributed by atoms with Gasteiger partial charge in [-0.2, -0.15) is 0 Å². The molecule has 26 heavy (non-hydrogen) atoms. The number of carbonyl (C=O) groups excluding carboxylic acids is 2. The molecule has 1 aliphatic rings. The summed E-state index contributed by atoms with van der Waals surface area (Å²) in [5, 5.41) is 0. The Morgan fingerprint density at radius 2 is 2.23 bits per heavy atom. The molecule has 0 N–H and O–H groups in total. The Labute approximate surface area is 153 Å². The van der Waals surface area contributed by atoms with Crippen LogP contribution in [-0.2, 0) is 29.6 Å². The van der Waals surface area contributed by atoms with E-state index in [4.69, 9.17) is 0 Å². The molecule has 1 aliphatic heterocycles. The summed E-state index contributed by atoms with van der Waals surface area (Å²) < 4.78 is 1.99. The average Bonchev–Trinajstić information content (AvgIpc) is 3.21. The van der Waals surface area contributed by atoms with E-state index in [1.807, 2.05) is 37.0 Å². The quantitative estimate of drug-likeness (QED) is 0.750. The van der Waals surface area contributed by atoms with Crippen molar-refractivity contribution in [3.63, 3.8) is 0 Å². The highest BCUT2D eigenvalue weighted by atomic mass is 16.2. The van der Waals surface area contributed by atoms with E-state index in [0.717, 1.165) is 24.2 Å². The largest absolute Gasteiger partial charge is 0.345 e. The number of amides is 2. The van der Waals surface area contributed by atoms with Crippen molar-refractivity contribution in [1.29, 1.82) is 0 Å². The third-order valence-corrected chi connectivity index (χ3v) is 4.85. The first-order chi connectivity index (χ1) is 12.5. The number of rotatable bonds is 7. The predicted molar refractivity (Wildman–Crippen MR) is 96.9 cm³/mol. The molecule has 0 spiro atoms. The molecule has 0 aromatic carbocycles. The molecule has 0 aliphatic carbocycles. The Kier molecular flexibility index (Phi) is 5.65. The Hall–Kier alpha value is -2.70. The summed E-state index contributed by atoms with van der Waals surface area (Å²) >= 11 is 0. The molecule has 1 saturated heterocycles. The van der Waals surface area contributed by atoms with E-state index in [0.29, 0.717) is 26.1 Å². The molecular weight excluding hydrogens is 330 g/mol. The van der Waals surface area contributed by atoms with E-state index < -0.39 is 0 Å². The summed E-state index contributed by atoms with van der Waals surface area (Å²) in [5.41, 5.74) is 0.984. The highest BCUT2D eigenvalue weighted by molar-refractivity contribution is 5.89. The molecule has 1 fully saturated rings. The van der Waals surface area contributed by atoms with Gasteiger partial charge in [0.1, 0.15) is 5.82 Å². The Bertz CT molecular complexity index is 758. The van der Waals surface area contributed by atoms with Crippen molar-refractivity contribution in [2.75, 3.05) is 20.1 Å². The summed E-state index contributed by atoms with van der Waals surface area (Å²) in [6.07, 6.45) is 9.15. The van der Waals surface area contributed by atoms with Crippen molar-refractivity contribution in [2.45, 2.75) is 25.8 Å². The molecular formula is C19H25N5O2. The van der Waals surface area contributed by atoms with Crippen LogP contribution in [0.5, 0.6) is 0 Å². The van der Waals surface area contributed by atoms with Crippen molar-refractivity contribution in [3.8, 4) is 0 Å². The number of hydrogen-bond donors (Lipinski definition) is 0. The predicted octanol–water partition coefficient (Wildman–Crippen LogP) is 1.25. The highest BCUT2D eigenvalue weighted by Gasteiger charge is 2.35. The van der Waals surface area contributed by atoms with Crippen molar-refractivity contribution < 1.29 is 9.59 Å². The van der Waals surface area contributed by atoms with Gasteiger partial charge in [-0.1, -0.05) is 6.07 Å². The fourth-order valence-corrected chi connectivity index (χ4v) is 3.34. The van der Waals surface area contributed by atoms with Gasteiger partial charge in [0.2, 0.25) is 11.8 Å². The molecule has 0 bridgehead atoms. The van der Waals surface area contributed by atoms with E-state index in [2.05, 4.69) is 9.97 Å². The maximum atomic E-state index is 12.7. The lowest BCUT2D eigenvalue weighted by Crippen LogP contribution is -2.35. The zero-order chi connectivity index (χ0) is 18.5. The third-order valence-electron chi connectivity index (χ3n) is 4.85. The van der Waals surface area contributed by atoms with Crippen LogP contribution in [0.2, 0.25) is 0 Å². The number of imidazole rings is 1. The summed E-state index contributed by atoms with van der Waals surface area (Å²) in [6, 6.07) is 3.80.